The second-order valence-corrected chi connectivity index (χ2v) is 6.97. The van der Waals surface area contributed by atoms with Crippen LogP contribution in [-0.4, -0.2) is 29.2 Å². The van der Waals surface area contributed by atoms with E-state index in [-0.39, 0.29) is 17.2 Å². The van der Waals surface area contributed by atoms with Crippen LogP contribution in [0.3, 0.4) is 0 Å². The van der Waals surface area contributed by atoms with E-state index in [1.807, 2.05) is 18.2 Å². The van der Waals surface area contributed by atoms with E-state index < -0.39 is 10.0 Å². The van der Waals surface area contributed by atoms with Crippen molar-refractivity contribution in [1.29, 1.82) is 0 Å². The Morgan fingerprint density at radius 3 is 2.52 bits per heavy atom. The van der Waals surface area contributed by atoms with Crippen molar-refractivity contribution in [1.82, 2.24) is 4.72 Å². The van der Waals surface area contributed by atoms with E-state index in [0.29, 0.717) is 17.2 Å². The maximum atomic E-state index is 12.5. The third-order valence-corrected chi connectivity index (χ3v) is 4.97. The predicted octanol–water partition coefficient (Wildman–Crippen LogP) is 2.88. The lowest BCUT2D eigenvalue weighted by Gasteiger charge is -2.12. The zero-order chi connectivity index (χ0) is 16.9. The molecule has 0 fully saturated rings. The molecule has 0 saturated heterocycles. The van der Waals surface area contributed by atoms with Crippen LogP contribution in [0.2, 0.25) is 5.02 Å². The number of sulfonamides is 1. The lowest BCUT2D eigenvalue weighted by molar-refractivity contribution is 0.392. The summed E-state index contributed by atoms with van der Waals surface area (Å²) in [7, 11) is -0.804. The van der Waals surface area contributed by atoms with Gasteiger partial charge in [-0.25, -0.2) is 13.1 Å². The number of benzene rings is 2. The van der Waals surface area contributed by atoms with E-state index in [1.54, 1.807) is 18.2 Å². The van der Waals surface area contributed by atoms with Gasteiger partial charge in [0.25, 0.3) is 0 Å². The van der Waals surface area contributed by atoms with E-state index >= 15 is 0 Å². The highest BCUT2D eigenvalue weighted by molar-refractivity contribution is 7.89. The molecule has 0 bridgehead atoms. The Kier molecular flexibility index (Phi) is 5.87. The molecular formula is C16H18ClNO4S. The normalized spacial score (nSPS) is 11.3. The first-order valence-electron chi connectivity index (χ1n) is 6.92. The van der Waals surface area contributed by atoms with Crippen LogP contribution >= 0.6 is 11.6 Å². The summed E-state index contributed by atoms with van der Waals surface area (Å²) >= 11 is 5.91. The van der Waals surface area contributed by atoms with Crippen LogP contribution < -0.4 is 14.2 Å². The van der Waals surface area contributed by atoms with Crippen LogP contribution in [0.4, 0.5) is 0 Å². The minimum Gasteiger partial charge on any atom is -0.497 e. The number of hydrogen-bond acceptors (Lipinski definition) is 4. The number of ether oxygens (including phenoxy) is 2. The van der Waals surface area contributed by atoms with Gasteiger partial charge in [-0.1, -0.05) is 23.7 Å². The molecule has 0 amide bonds. The van der Waals surface area contributed by atoms with Gasteiger partial charge in [0, 0.05) is 17.6 Å². The van der Waals surface area contributed by atoms with Crippen LogP contribution in [0, 0.1) is 0 Å². The molecule has 0 atom stereocenters. The summed E-state index contributed by atoms with van der Waals surface area (Å²) in [6.07, 6.45) is 0.534. The number of hydrogen-bond donors (Lipinski definition) is 1. The van der Waals surface area contributed by atoms with E-state index in [9.17, 15) is 8.42 Å². The van der Waals surface area contributed by atoms with Crippen molar-refractivity contribution in [3.63, 3.8) is 0 Å². The van der Waals surface area contributed by atoms with Gasteiger partial charge < -0.3 is 9.47 Å². The minimum absolute atomic E-state index is 0.0467. The highest BCUT2D eigenvalue weighted by atomic mass is 35.5. The van der Waals surface area contributed by atoms with Gasteiger partial charge in [0.2, 0.25) is 10.0 Å². The van der Waals surface area contributed by atoms with Gasteiger partial charge in [0.15, 0.2) is 0 Å². The molecule has 2 aromatic carbocycles. The van der Waals surface area contributed by atoms with Crippen LogP contribution in [-0.2, 0) is 16.4 Å². The minimum atomic E-state index is -3.70. The van der Waals surface area contributed by atoms with Crippen LogP contribution in [0.25, 0.3) is 0 Å². The summed E-state index contributed by atoms with van der Waals surface area (Å²) in [5, 5.41) is 0.625. The first-order chi connectivity index (χ1) is 11.0. The van der Waals surface area contributed by atoms with Crippen molar-refractivity contribution in [2.75, 3.05) is 20.8 Å². The zero-order valence-electron chi connectivity index (χ0n) is 12.9. The van der Waals surface area contributed by atoms with Gasteiger partial charge >= 0.3 is 0 Å². The Morgan fingerprint density at radius 2 is 1.87 bits per heavy atom. The van der Waals surface area contributed by atoms with Gasteiger partial charge in [-0.3, -0.25) is 0 Å². The fourth-order valence-electron chi connectivity index (χ4n) is 2.09. The van der Waals surface area contributed by atoms with E-state index in [4.69, 9.17) is 21.1 Å². The number of nitrogens with one attached hydrogen (secondary N) is 1. The molecule has 0 spiro atoms. The lowest BCUT2D eigenvalue weighted by atomic mass is 10.2. The SMILES string of the molecule is COc1ccc(OC)c(S(=O)(=O)NCCc2cccc(Cl)c2)c1. The molecule has 2 aromatic rings. The third kappa shape index (κ3) is 4.60. The van der Waals surface area contributed by atoms with Crippen molar-refractivity contribution in [3.05, 3.63) is 53.1 Å². The smallest absolute Gasteiger partial charge is 0.244 e. The van der Waals surface area contributed by atoms with Crippen molar-refractivity contribution < 1.29 is 17.9 Å². The van der Waals surface area contributed by atoms with Gasteiger partial charge in [-0.15, -0.1) is 0 Å². The Bertz CT molecular complexity index is 777. The quantitative estimate of drug-likeness (QED) is 0.829. The molecule has 0 aliphatic carbocycles. The summed E-state index contributed by atoms with van der Waals surface area (Å²) in [6.45, 7) is 0.253. The fourth-order valence-corrected chi connectivity index (χ4v) is 3.52. The summed E-state index contributed by atoms with van der Waals surface area (Å²) in [5.74, 6) is 0.710. The number of rotatable bonds is 7. The van der Waals surface area contributed by atoms with E-state index in [1.165, 1.54) is 20.3 Å². The maximum Gasteiger partial charge on any atom is 0.244 e. The van der Waals surface area contributed by atoms with Crippen molar-refractivity contribution in [3.8, 4) is 11.5 Å². The van der Waals surface area contributed by atoms with E-state index in [2.05, 4.69) is 4.72 Å². The van der Waals surface area contributed by atoms with Crippen molar-refractivity contribution >= 4 is 21.6 Å². The average molecular weight is 356 g/mol. The van der Waals surface area contributed by atoms with Crippen LogP contribution in [0.5, 0.6) is 11.5 Å². The van der Waals surface area contributed by atoms with E-state index in [0.717, 1.165) is 5.56 Å². The molecular weight excluding hydrogens is 338 g/mol. The molecule has 0 aliphatic heterocycles. The molecule has 1 N–H and O–H groups in total. The monoisotopic (exact) mass is 355 g/mol. The number of halogens is 1. The molecule has 124 valence electrons. The van der Waals surface area contributed by atoms with Crippen molar-refractivity contribution in [2.45, 2.75) is 11.3 Å². The third-order valence-electron chi connectivity index (χ3n) is 3.26. The number of methoxy groups -OCH3 is 2. The molecule has 7 heteroatoms. The largest absolute Gasteiger partial charge is 0.497 e. The van der Waals surface area contributed by atoms with Gasteiger partial charge in [-0.05, 0) is 36.2 Å². The molecule has 0 unspecified atom stereocenters. The molecule has 0 aliphatic rings. The highest BCUT2D eigenvalue weighted by Crippen LogP contribution is 2.27. The topological polar surface area (TPSA) is 64.6 Å². The first-order valence-corrected chi connectivity index (χ1v) is 8.78. The molecule has 23 heavy (non-hydrogen) atoms. The predicted molar refractivity (Wildman–Crippen MR) is 89.9 cm³/mol. The Balaban J connectivity index is 2.12. The van der Waals surface area contributed by atoms with Gasteiger partial charge in [0.1, 0.15) is 16.4 Å². The average Bonchev–Trinajstić information content (AvgIpc) is 2.54. The second kappa shape index (κ2) is 7.68. The first kappa shape index (κ1) is 17.6. The Morgan fingerprint density at radius 1 is 1.09 bits per heavy atom. The molecule has 0 aromatic heterocycles. The highest BCUT2D eigenvalue weighted by Gasteiger charge is 2.20. The van der Waals surface area contributed by atoms with Gasteiger partial charge in [0.05, 0.1) is 14.2 Å². The van der Waals surface area contributed by atoms with Gasteiger partial charge in [-0.2, -0.15) is 0 Å². The second-order valence-electron chi connectivity index (χ2n) is 4.79. The summed E-state index contributed by atoms with van der Waals surface area (Å²) in [6, 6.07) is 11.9. The molecule has 0 heterocycles. The summed E-state index contributed by atoms with van der Waals surface area (Å²) < 4.78 is 37.7. The Hall–Kier alpha value is -1.76. The standard InChI is InChI=1S/C16H18ClNO4S/c1-21-14-6-7-15(22-2)16(11-14)23(19,20)18-9-8-12-4-3-5-13(17)10-12/h3-7,10-11,18H,8-9H2,1-2H3. The molecule has 5 nitrogen and oxygen atoms in total. The maximum absolute atomic E-state index is 12.5. The van der Waals surface area contributed by atoms with Crippen LogP contribution in [0.15, 0.2) is 47.4 Å². The summed E-state index contributed by atoms with van der Waals surface area (Å²) in [4.78, 5) is 0.0467. The van der Waals surface area contributed by atoms with Crippen molar-refractivity contribution in [2.24, 2.45) is 0 Å². The fraction of sp³-hybridized carbons (Fsp3) is 0.250. The van der Waals surface area contributed by atoms with Crippen LogP contribution in [0.1, 0.15) is 5.56 Å². The zero-order valence-corrected chi connectivity index (χ0v) is 14.4. The Labute approximate surface area is 141 Å². The molecule has 0 saturated carbocycles. The molecule has 2 rings (SSSR count). The lowest BCUT2D eigenvalue weighted by Crippen LogP contribution is -2.26. The molecule has 0 radical (unpaired) electrons. The summed E-state index contributed by atoms with van der Waals surface area (Å²) in [5.41, 5.74) is 0.956.